The summed E-state index contributed by atoms with van der Waals surface area (Å²) in [5.41, 5.74) is 5.48. The van der Waals surface area contributed by atoms with Crippen LogP contribution in [0.5, 0.6) is 0 Å². The summed E-state index contributed by atoms with van der Waals surface area (Å²) in [5, 5.41) is 0.262. The lowest BCUT2D eigenvalue weighted by Crippen LogP contribution is -2.18. The summed E-state index contributed by atoms with van der Waals surface area (Å²) >= 11 is 1.04. The van der Waals surface area contributed by atoms with Crippen LogP contribution in [0.1, 0.15) is 5.56 Å². The molecule has 14 heteroatoms. The van der Waals surface area contributed by atoms with E-state index in [-0.39, 0.29) is 33.5 Å². The number of nitrogens with two attached hydrogens (primary N) is 1. The van der Waals surface area contributed by atoms with Gasteiger partial charge in [0.25, 0.3) is 10.0 Å². The summed E-state index contributed by atoms with van der Waals surface area (Å²) in [7, 11) is -4.87. The van der Waals surface area contributed by atoms with Gasteiger partial charge < -0.3 is 5.73 Å². The van der Waals surface area contributed by atoms with E-state index in [4.69, 9.17) is 5.73 Å². The monoisotopic (exact) mass is 572 g/mol. The molecule has 0 fully saturated rings. The highest BCUT2D eigenvalue weighted by Gasteiger charge is 2.28. The van der Waals surface area contributed by atoms with Crippen LogP contribution in [0.15, 0.2) is 66.0 Å². The van der Waals surface area contributed by atoms with Gasteiger partial charge in [0.1, 0.15) is 22.5 Å². The topological polar surface area (TPSA) is 124 Å². The molecule has 0 aliphatic carbocycles. The minimum Gasteiger partial charge on any atom is -0.368 e. The molecule has 0 atom stereocenters. The van der Waals surface area contributed by atoms with Gasteiger partial charge in [-0.25, -0.2) is 40.9 Å². The Morgan fingerprint density at radius 1 is 0.974 bits per heavy atom. The maximum atomic E-state index is 15.9. The van der Waals surface area contributed by atoms with E-state index in [1.54, 1.807) is 0 Å². The van der Waals surface area contributed by atoms with E-state index in [9.17, 15) is 21.6 Å². The van der Waals surface area contributed by atoms with E-state index in [0.29, 0.717) is 10.4 Å². The molecule has 0 amide bonds. The molecule has 8 nitrogen and oxygen atoms in total. The summed E-state index contributed by atoms with van der Waals surface area (Å²) in [6.45, 7) is 1.27. The van der Waals surface area contributed by atoms with Gasteiger partial charge in [0, 0.05) is 23.5 Å². The zero-order chi connectivity index (χ0) is 27.9. The number of aryl methyl sites for hydroxylation is 1. The standard InChI is InChI=1S/C25H16F4N6O2S2/c1-12-5-6-16(27)23(19(12)28)39(36,37)35-17-4-2-3-15(20(17)29)21-22(18-7-8-32-25(30)33-18)38-24(34-21)13-9-14(26)11-31-10-13/h2-11,35H,1H3,(H2,30,32,33). The second-order valence-electron chi connectivity index (χ2n) is 8.17. The zero-order valence-corrected chi connectivity index (χ0v) is 21.4. The van der Waals surface area contributed by atoms with Gasteiger partial charge in [0.15, 0.2) is 10.7 Å². The fourth-order valence-corrected chi connectivity index (χ4v) is 6.00. The van der Waals surface area contributed by atoms with Crippen molar-refractivity contribution in [2.45, 2.75) is 11.8 Å². The van der Waals surface area contributed by atoms with E-state index in [1.807, 2.05) is 4.72 Å². The van der Waals surface area contributed by atoms with Crippen LogP contribution in [0.3, 0.4) is 0 Å². The third-order valence-electron chi connectivity index (χ3n) is 5.49. The molecule has 2 aromatic carbocycles. The molecule has 0 saturated heterocycles. The number of nitrogens with zero attached hydrogens (tertiary/aromatic N) is 4. The zero-order valence-electron chi connectivity index (χ0n) is 19.8. The highest BCUT2D eigenvalue weighted by Crippen LogP contribution is 2.42. The number of hydrogen-bond donors (Lipinski definition) is 2. The lowest BCUT2D eigenvalue weighted by atomic mass is 10.1. The van der Waals surface area contributed by atoms with Gasteiger partial charge in [0.05, 0.1) is 28.1 Å². The number of nitrogen functional groups attached to an aromatic ring is 1. The van der Waals surface area contributed by atoms with Crippen LogP contribution in [0.4, 0.5) is 29.2 Å². The first-order chi connectivity index (χ1) is 18.5. The van der Waals surface area contributed by atoms with Crippen molar-refractivity contribution in [1.29, 1.82) is 0 Å². The van der Waals surface area contributed by atoms with Crippen molar-refractivity contribution in [2.75, 3.05) is 10.5 Å². The largest absolute Gasteiger partial charge is 0.368 e. The maximum Gasteiger partial charge on any atom is 0.267 e. The molecule has 0 aliphatic heterocycles. The van der Waals surface area contributed by atoms with Gasteiger partial charge in [-0.2, -0.15) is 0 Å². The molecule has 3 heterocycles. The number of nitrogens with one attached hydrogen (secondary N) is 1. The molecule has 39 heavy (non-hydrogen) atoms. The minimum atomic E-state index is -4.87. The fraction of sp³-hybridized carbons (Fsp3) is 0.0400. The lowest BCUT2D eigenvalue weighted by molar-refractivity contribution is 0.516. The van der Waals surface area contributed by atoms with Crippen molar-refractivity contribution in [1.82, 2.24) is 19.9 Å². The third kappa shape index (κ3) is 5.03. The summed E-state index contributed by atoms with van der Waals surface area (Å²) < 4.78 is 86.3. The maximum absolute atomic E-state index is 15.9. The summed E-state index contributed by atoms with van der Waals surface area (Å²) in [6.07, 6.45) is 3.77. The molecular formula is C25H16F4N6O2S2. The predicted octanol–water partition coefficient (Wildman–Crippen LogP) is 5.58. The number of thiazole rings is 1. The lowest BCUT2D eigenvalue weighted by Gasteiger charge is -2.13. The van der Waals surface area contributed by atoms with Crippen LogP contribution in [-0.4, -0.2) is 28.4 Å². The molecule has 5 aromatic rings. The Labute approximate surface area is 223 Å². The number of halogens is 4. The first-order valence-electron chi connectivity index (χ1n) is 11.0. The first-order valence-corrected chi connectivity index (χ1v) is 13.3. The molecule has 5 rings (SSSR count). The number of rotatable bonds is 6. The molecule has 3 aromatic heterocycles. The van der Waals surface area contributed by atoms with E-state index < -0.39 is 43.9 Å². The Bertz CT molecular complexity index is 1850. The van der Waals surface area contributed by atoms with Gasteiger partial charge in [-0.3, -0.25) is 9.71 Å². The van der Waals surface area contributed by atoms with Crippen LogP contribution in [0.25, 0.3) is 32.4 Å². The Hall–Kier alpha value is -4.43. The average molecular weight is 573 g/mol. The number of benzene rings is 2. The molecule has 0 saturated carbocycles. The molecule has 0 aliphatic rings. The number of aromatic nitrogens is 4. The molecule has 0 bridgehead atoms. The van der Waals surface area contributed by atoms with Crippen LogP contribution in [0, 0.1) is 30.2 Å². The van der Waals surface area contributed by atoms with Gasteiger partial charge >= 0.3 is 0 Å². The van der Waals surface area contributed by atoms with Crippen LogP contribution < -0.4 is 10.5 Å². The van der Waals surface area contributed by atoms with E-state index >= 15 is 4.39 Å². The van der Waals surface area contributed by atoms with Gasteiger partial charge in [-0.15, -0.1) is 11.3 Å². The van der Waals surface area contributed by atoms with E-state index in [2.05, 4.69) is 19.9 Å². The van der Waals surface area contributed by atoms with Crippen LogP contribution in [-0.2, 0) is 10.0 Å². The van der Waals surface area contributed by atoms with Crippen molar-refractivity contribution < 1.29 is 26.0 Å². The highest BCUT2D eigenvalue weighted by atomic mass is 32.2. The number of sulfonamides is 1. The van der Waals surface area contributed by atoms with Crippen molar-refractivity contribution in [3.63, 3.8) is 0 Å². The fourth-order valence-electron chi connectivity index (χ4n) is 3.70. The number of pyridine rings is 1. The third-order valence-corrected chi connectivity index (χ3v) is 8.02. The van der Waals surface area contributed by atoms with Crippen molar-refractivity contribution >= 4 is 33.0 Å². The SMILES string of the molecule is Cc1ccc(F)c(S(=O)(=O)Nc2cccc(-c3nc(-c4cncc(F)c4)sc3-c3ccnc(N)n3)c2F)c1F. The average Bonchev–Trinajstić information content (AvgIpc) is 3.33. The van der Waals surface area contributed by atoms with Crippen molar-refractivity contribution in [2.24, 2.45) is 0 Å². The van der Waals surface area contributed by atoms with E-state index in [1.165, 1.54) is 43.6 Å². The summed E-state index contributed by atoms with van der Waals surface area (Å²) in [6, 6.07) is 8.35. The number of anilines is 2. The predicted molar refractivity (Wildman–Crippen MR) is 138 cm³/mol. The normalized spacial score (nSPS) is 11.5. The Morgan fingerprint density at radius 2 is 1.77 bits per heavy atom. The molecule has 3 N–H and O–H groups in total. The van der Waals surface area contributed by atoms with Crippen LogP contribution >= 0.6 is 11.3 Å². The highest BCUT2D eigenvalue weighted by molar-refractivity contribution is 7.92. The van der Waals surface area contributed by atoms with Crippen LogP contribution in [0.2, 0.25) is 0 Å². The Kier molecular flexibility index (Phi) is 6.74. The van der Waals surface area contributed by atoms with Gasteiger partial charge in [-0.05, 0) is 42.8 Å². The molecule has 198 valence electrons. The molecule has 0 radical (unpaired) electrons. The Morgan fingerprint density at radius 3 is 2.51 bits per heavy atom. The quantitative estimate of drug-likeness (QED) is 0.255. The molecular weight excluding hydrogens is 556 g/mol. The Balaban J connectivity index is 1.65. The number of hydrogen-bond acceptors (Lipinski definition) is 8. The van der Waals surface area contributed by atoms with E-state index in [0.717, 1.165) is 35.7 Å². The smallest absolute Gasteiger partial charge is 0.267 e. The van der Waals surface area contributed by atoms with Crippen molar-refractivity contribution in [3.05, 3.63) is 89.9 Å². The molecule has 0 unspecified atom stereocenters. The van der Waals surface area contributed by atoms with Gasteiger partial charge in [0.2, 0.25) is 5.95 Å². The first kappa shape index (κ1) is 26.2. The summed E-state index contributed by atoms with van der Waals surface area (Å²) in [5.74, 6) is -4.39. The second-order valence-corrected chi connectivity index (χ2v) is 10.8. The molecule has 0 spiro atoms. The summed E-state index contributed by atoms with van der Waals surface area (Å²) in [4.78, 5) is 15.4. The van der Waals surface area contributed by atoms with Gasteiger partial charge in [-0.1, -0.05) is 12.1 Å². The second kappa shape index (κ2) is 10.0. The van der Waals surface area contributed by atoms with Crippen molar-refractivity contribution in [3.8, 4) is 32.4 Å². The minimum absolute atomic E-state index is 0.0313.